The number of amides is 2. The van der Waals surface area contributed by atoms with Crippen molar-refractivity contribution in [3.05, 3.63) is 27.3 Å². The van der Waals surface area contributed by atoms with Crippen molar-refractivity contribution in [1.82, 2.24) is 19.7 Å². The Morgan fingerprint density at radius 3 is 2.64 bits per heavy atom. The van der Waals surface area contributed by atoms with Crippen LogP contribution in [0.15, 0.2) is 6.07 Å². The molecule has 2 heterocycles. The van der Waals surface area contributed by atoms with E-state index in [-0.39, 0.29) is 12.1 Å². The third-order valence-electron chi connectivity index (χ3n) is 5.00. The molecule has 0 aromatic carbocycles. The lowest BCUT2D eigenvalue weighted by Gasteiger charge is -2.25. The van der Waals surface area contributed by atoms with Crippen molar-refractivity contribution in [1.29, 1.82) is 0 Å². The number of anilines is 1. The molecule has 1 N–H and O–H groups in total. The Labute approximate surface area is 153 Å². The van der Waals surface area contributed by atoms with Crippen LogP contribution in [0, 0.1) is 20.8 Å². The fourth-order valence-electron chi connectivity index (χ4n) is 3.53. The Hall–Kier alpha value is -1.89. The van der Waals surface area contributed by atoms with Crippen molar-refractivity contribution < 1.29 is 4.79 Å². The molecule has 2 aromatic heterocycles. The Bertz CT molecular complexity index is 760. The highest BCUT2D eigenvalue weighted by atomic mass is 32.1. The summed E-state index contributed by atoms with van der Waals surface area (Å²) >= 11 is 1.67. The fraction of sp³-hybridized carbons (Fsp3) is 0.611. The molecule has 1 aliphatic carbocycles. The number of urea groups is 1. The first-order valence-corrected chi connectivity index (χ1v) is 9.72. The van der Waals surface area contributed by atoms with E-state index in [1.165, 1.54) is 12.8 Å². The van der Waals surface area contributed by atoms with Gasteiger partial charge in [-0.1, -0.05) is 12.8 Å². The fourth-order valence-corrected chi connectivity index (χ4v) is 4.43. The van der Waals surface area contributed by atoms with Crippen LogP contribution in [-0.2, 0) is 0 Å². The maximum atomic E-state index is 12.8. The average molecular weight is 362 g/mol. The molecule has 136 valence electrons. The first-order valence-electron chi connectivity index (χ1n) is 8.90. The van der Waals surface area contributed by atoms with Gasteiger partial charge in [0.1, 0.15) is 5.82 Å². The van der Waals surface area contributed by atoms with Crippen LogP contribution in [0.2, 0.25) is 0 Å². The van der Waals surface area contributed by atoms with Gasteiger partial charge in [0.05, 0.1) is 28.5 Å². The molecule has 0 radical (unpaired) electrons. The molecule has 2 aromatic rings. The minimum atomic E-state index is -0.128. The van der Waals surface area contributed by atoms with Crippen LogP contribution in [0.4, 0.5) is 10.6 Å². The summed E-state index contributed by atoms with van der Waals surface area (Å²) in [5.41, 5.74) is 1.91. The van der Waals surface area contributed by atoms with Crippen LogP contribution < -0.4 is 5.32 Å². The number of nitrogens with one attached hydrogen (secondary N) is 1. The normalized spacial score (nSPS) is 16.2. The minimum Gasteiger partial charge on any atom is -0.319 e. The number of hydrogen-bond donors (Lipinski definition) is 1. The smallest absolute Gasteiger partial charge is 0.319 e. The van der Waals surface area contributed by atoms with E-state index < -0.39 is 0 Å². The van der Waals surface area contributed by atoms with E-state index in [9.17, 15) is 4.79 Å². The molecule has 7 heteroatoms. The number of thiazole rings is 1. The number of rotatable bonds is 4. The molecule has 0 aliphatic heterocycles. The zero-order chi connectivity index (χ0) is 18.1. The van der Waals surface area contributed by atoms with Crippen LogP contribution in [0.3, 0.4) is 0 Å². The van der Waals surface area contributed by atoms with Crippen molar-refractivity contribution >= 4 is 23.2 Å². The van der Waals surface area contributed by atoms with Gasteiger partial charge in [-0.2, -0.15) is 5.10 Å². The molecule has 2 amide bonds. The molecular weight excluding hydrogens is 334 g/mol. The third kappa shape index (κ3) is 3.71. The second-order valence-electron chi connectivity index (χ2n) is 6.95. The number of hydrogen-bond acceptors (Lipinski definition) is 4. The zero-order valence-electron chi connectivity index (χ0n) is 15.7. The Morgan fingerprint density at radius 1 is 1.36 bits per heavy atom. The molecule has 3 rings (SSSR count). The van der Waals surface area contributed by atoms with E-state index in [0.717, 1.165) is 39.9 Å². The van der Waals surface area contributed by atoms with Crippen molar-refractivity contribution in [2.75, 3.05) is 12.4 Å². The number of aryl methyl sites for hydroxylation is 3. The largest absolute Gasteiger partial charge is 0.323 e. The van der Waals surface area contributed by atoms with E-state index in [2.05, 4.69) is 22.3 Å². The number of carbonyl (C=O) groups is 1. The SMILES string of the molecule is Cc1cc(NC(=O)N(C)[C@H](C)c2nc(C)sc2C)n(C2CCCC2)n1. The number of carbonyl (C=O) groups excluding carboxylic acids is 1. The maximum absolute atomic E-state index is 12.8. The summed E-state index contributed by atoms with van der Waals surface area (Å²) in [6.07, 6.45) is 4.73. The first-order chi connectivity index (χ1) is 11.9. The molecule has 1 fully saturated rings. The van der Waals surface area contributed by atoms with Gasteiger partial charge in [-0.15, -0.1) is 11.3 Å². The van der Waals surface area contributed by atoms with Gasteiger partial charge in [-0.05, 0) is 40.5 Å². The monoisotopic (exact) mass is 361 g/mol. The molecule has 1 atom stereocenters. The predicted octanol–water partition coefficient (Wildman–Crippen LogP) is 4.60. The topological polar surface area (TPSA) is 63.1 Å². The van der Waals surface area contributed by atoms with E-state index >= 15 is 0 Å². The van der Waals surface area contributed by atoms with E-state index in [1.54, 1.807) is 16.2 Å². The Balaban J connectivity index is 1.74. The molecule has 6 nitrogen and oxygen atoms in total. The lowest BCUT2D eigenvalue weighted by atomic mass is 10.2. The summed E-state index contributed by atoms with van der Waals surface area (Å²) in [7, 11) is 1.82. The summed E-state index contributed by atoms with van der Waals surface area (Å²) in [5, 5.41) is 8.68. The van der Waals surface area contributed by atoms with Crippen LogP contribution in [0.25, 0.3) is 0 Å². The summed E-state index contributed by atoms with van der Waals surface area (Å²) in [5.74, 6) is 0.791. The lowest BCUT2D eigenvalue weighted by molar-refractivity contribution is 0.207. The highest BCUT2D eigenvalue weighted by Crippen LogP contribution is 2.32. The molecule has 1 saturated carbocycles. The Morgan fingerprint density at radius 2 is 2.04 bits per heavy atom. The van der Waals surface area contributed by atoms with Crippen molar-refractivity contribution in [2.24, 2.45) is 0 Å². The zero-order valence-corrected chi connectivity index (χ0v) is 16.5. The molecule has 1 aliphatic rings. The van der Waals surface area contributed by atoms with Gasteiger partial charge in [0, 0.05) is 18.0 Å². The summed E-state index contributed by atoms with van der Waals surface area (Å²) in [6, 6.07) is 2.15. The highest BCUT2D eigenvalue weighted by Gasteiger charge is 2.25. The van der Waals surface area contributed by atoms with Gasteiger partial charge in [0.15, 0.2) is 0 Å². The highest BCUT2D eigenvalue weighted by molar-refractivity contribution is 7.11. The Kier molecular flexibility index (Phi) is 5.13. The standard InChI is InChI=1S/C18H27N5OS/c1-11-10-16(23(21-11)15-8-6-7-9-15)20-18(24)22(5)12(2)17-13(3)25-14(4)19-17/h10,12,15H,6-9H2,1-5H3,(H,20,24)/t12-/m1/s1. The summed E-state index contributed by atoms with van der Waals surface area (Å²) in [6.45, 7) is 8.03. The van der Waals surface area contributed by atoms with Crippen LogP contribution in [0.1, 0.15) is 66.0 Å². The van der Waals surface area contributed by atoms with Gasteiger partial charge in [0.25, 0.3) is 0 Å². The summed E-state index contributed by atoms with van der Waals surface area (Å²) in [4.78, 5) is 20.2. The quantitative estimate of drug-likeness (QED) is 0.865. The first kappa shape index (κ1) is 17.9. The van der Waals surface area contributed by atoms with Gasteiger partial charge in [0.2, 0.25) is 0 Å². The van der Waals surface area contributed by atoms with Crippen molar-refractivity contribution in [2.45, 2.75) is 65.5 Å². The van der Waals surface area contributed by atoms with Gasteiger partial charge in [-0.3, -0.25) is 5.32 Å². The van der Waals surface area contributed by atoms with Crippen LogP contribution >= 0.6 is 11.3 Å². The van der Waals surface area contributed by atoms with E-state index in [4.69, 9.17) is 0 Å². The number of nitrogens with zero attached hydrogens (tertiary/aromatic N) is 4. The second kappa shape index (κ2) is 7.15. The summed E-state index contributed by atoms with van der Waals surface area (Å²) < 4.78 is 2.00. The third-order valence-corrected chi connectivity index (χ3v) is 5.90. The molecule has 0 bridgehead atoms. The number of aromatic nitrogens is 3. The second-order valence-corrected chi connectivity index (χ2v) is 8.35. The predicted molar refractivity (Wildman–Crippen MR) is 101 cm³/mol. The molecule has 0 saturated heterocycles. The molecule has 0 spiro atoms. The molecular formula is C18H27N5OS. The minimum absolute atomic E-state index is 0.0751. The maximum Gasteiger partial charge on any atom is 0.323 e. The van der Waals surface area contributed by atoms with E-state index in [0.29, 0.717) is 6.04 Å². The van der Waals surface area contributed by atoms with Crippen molar-refractivity contribution in [3.8, 4) is 0 Å². The molecule has 0 unspecified atom stereocenters. The average Bonchev–Trinajstić information content (AvgIpc) is 3.26. The van der Waals surface area contributed by atoms with Gasteiger partial charge < -0.3 is 4.90 Å². The lowest BCUT2D eigenvalue weighted by Crippen LogP contribution is -2.34. The molecule has 25 heavy (non-hydrogen) atoms. The van der Waals surface area contributed by atoms with Gasteiger partial charge >= 0.3 is 6.03 Å². The van der Waals surface area contributed by atoms with Gasteiger partial charge in [-0.25, -0.2) is 14.5 Å². The van der Waals surface area contributed by atoms with Crippen LogP contribution in [0.5, 0.6) is 0 Å². The van der Waals surface area contributed by atoms with E-state index in [1.807, 2.05) is 38.6 Å². The van der Waals surface area contributed by atoms with Crippen molar-refractivity contribution in [3.63, 3.8) is 0 Å². The van der Waals surface area contributed by atoms with Crippen LogP contribution in [-0.4, -0.2) is 32.7 Å².